The Kier molecular flexibility index (Phi) is 5.61. The van der Waals surface area contributed by atoms with Crippen molar-refractivity contribution in [3.8, 4) is 11.8 Å². The fraction of sp³-hybridized carbons (Fsp3) is 0.167. The minimum Gasteiger partial charge on any atom is -0.497 e. The van der Waals surface area contributed by atoms with Crippen LogP contribution in [0, 0.1) is 11.3 Å². The van der Waals surface area contributed by atoms with Gasteiger partial charge in [-0.2, -0.15) is 5.26 Å². The van der Waals surface area contributed by atoms with Crippen molar-refractivity contribution in [2.24, 2.45) is 0 Å². The molecule has 0 spiro atoms. The third kappa shape index (κ3) is 4.15. The van der Waals surface area contributed by atoms with Crippen LogP contribution < -0.4 is 9.04 Å². The van der Waals surface area contributed by atoms with Gasteiger partial charge in [-0.3, -0.25) is 4.31 Å². The molecule has 0 aliphatic heterocycles. The second-order valence-corrected chi connectivity index (χ2v) is 6.98. The van der Waals surface area contributed by atoms with E-state index in [0.717, 1.165) is 0 Å². The molecule has 0 amide bonds. The van der Waals surface area contributed by atoms with Crippen molar-refractivity contribution < 1.29 is 13.2 Å². The van der Waals surface area contributed by atoms with E-state index < -0.39 is 10.0 Å². The Morgan fingerprint density at radius 2 is 1.79 bits per heavy atom. The highest BCUT2D eigenvalue weighted by molar-refractivity contribution is 7.92. The first-order valence-corrected chi connectivity index (χ1v) is 8.85. The first-order valence-electron chi connectivity index (χ1n) is 7.24. The van der Waals surface area contributed by atoms with Crippen molar-refractivity contribution in [2.75, 3.05) is 18.0 Å². The van der Waals surface area contributed by atoms with E-state index in [0.29, 0.717) is 22.6 Å². The summed E-state index contributed by atoms with van der Waals surface area (Å²) in [4.78, 5) is 0. The van der Waals surface area contributed by atoms with Crippen molar-refractivity contribution in [3.05, 3.63) is 72.3 Å². The molecular weight excluding hydrogens is 324 g/mol. The standard InChI is InChI=1S/C18H18N2O3S/c1-3-12-20(17-8-10-18(23-2)11-9-17)24(21,22)14-16-6-4-15(13-19)5-7-16/h3-11H,1,12,14H2,2H3. The van der Waals surface area contributed by atoms with Crippen molar-refractivity contribution in [2.45, 2.75) is 5.75 Å². The highest BCUT2D eigenvalue weighted by atomic mass is 32.2. The number of ether oxygens (including phenoxy) is 1. The lowest BCUT2D eigenvalue weighted by atomic mass is 10.2. The molecule has 0 aliphatic carbocycles. The first-order chi connectivity index (χ1) is 11.5. The molecule has 0 saturated heterocycles. The SMILES string of the molecule is C=CCN(c1ccc(OC)cc1)S(=O)(=O)Cc1ccc(C#N)cc1. The largest absolute Gasteiger partial charge is 0.497 e. The van der Waals surface area contributed by atoms with E-state index in [2.05, 4.69) is 6.58 Å². The monoisotopic (exact) mass is 342 g/mol. The van der Waals surface area contributed by atoms with E-state index in [1.807, 2.05) is 6.07 Å². The lowest BCUT2D eigenvalue weighted by Crippen LogP contribution is -2.32. The van der Waals surface area contributed by atoms with E-state index in [1.54, 1.807) is 61.7 Å². The zero-order valence-electron chi connectivity index (χ0n) is 13.3. The quantitative estimate of drug-likeness (QED) is 0.725. The van der Waals surface area contributed by atoms with Crippen molar-refractivity contribution in [1.29, 1.82) is 5.26 Å². The van der Waals surface area contributed by atoms with Gasteiger partial charge in [0.05, 0.1) is 36.7 Å². The third-order valence-corrected chi connectivity index (χ3v) is 5.15. The van der Waals surface area contributed by atoms with Gasteiger partial charge in [-0.15, -0.1) is 6.58 Å². The van der Waals surface area contributed by atoms with E-state index in [9.17, 15) is 8.42 Å². The molecular formula is C18H18N2O3S. The number of nitriles is 1. The summed E-state index contributed by atoms with van der Waals surface area (Å²) in [6.07, 6.45) is 1.54. The maximum atomic E-state index is 12.8. The second kappa shape index (κ2) is 7.66. The normalized spacial score (nSPS) is 10.7. The summed E-state index contributed by atoms with van der Waals surface area (Å²) in [5.41, 5.74) is 1.66. The van der Waals surface area contributed by atoms with Crippen LogP contribution in [-0.2, 0) is 15.8 Å². The predicted octanol–water partition coefficient (Wildman–Crippen LogP) is 3.09. The van der Waals surface area contributed by atoms with Crippen molar-refractivity contribution in [1.82, 2.24) is 0 Å². The average Bonchev–Trinajstić information content (AvgIpc) is 2.60. The van der Waals surface area contributed by atoms with Crippen LogP contribution in [0.5, 0.6) is 5.75 Å². The molecule has 0 atom stereocenters. The zero-order chi connectivity index (χ0) is 17.6. The molecule has 0 aliphatic rings. The summed E-state index contributed by atoms with van der Waals surface area (Å²) in [6, 6.07) is 15.3. The van der Waals surface area contributed by atoms with Gasteiger partial charge in [0.1, 0.15) is 5.75 Å². The smallest absolute Gasteiger partial charge is 0.239 e. The van der Waals surface area contributed by atoms with Crippen LogP contribution in [0.4, 0.5) is 5.69 Å². The van der Waals surface area contributed by atoms with Gasteiger partial charge >= 0.3 is 0 Å². The van der Waals surface area contributed by atoms with Crippen molar-refractivity contribution >= 4 is 15.7 Å². The van der Waals surface area contributed by atoms with Crippen LogP contribution in [0.1, 0.15) is 11.1 Å². The molecule has 6 heteroatoms. The van der Waals surface area contributed by atoms with E-state index in [1.165, 1.54) is 4.31 Å². The number of sulfonamides is 1. The fourth-order valence-corrected chi connectivity index (χ4v) is 3.75. The number of methoxy groups -OCH3 is 1. The molecule has 5 nitrogen and oxygen atoms in total. The summed E-state index contributed by atoms with van der Waals surface area (Å²) in [5.74, 6) is 0.500. The topological polar surface area (TPSA) is 70.4 Å². The molecule has 2 aromatic rings. The van der Waals surface area contributed by atoms with E-state index >= 15 is 0 Å². The molecule has 2 aromatic carbocycles. The van der Waals surface area contributed by atoms with E-state index in [4.69, 9.17) is 10.00 Å². The highest BCUT2D eigenvalue weighted by Gasteiger charge is 2.22. The number of benzene rings is 2. The first kappa shape index (κ1) is 17.6. The lowest BCUT2D eigenvalue weighted by Gasteiger charge is -2.23. The van der Waals surface area contributed by atoms with Gasteiger partial charge in [0.15, 0.2) is 0 Å². The lowest BCUT2D eigenvalue weighted by molar-refractivity contribution is 0.415. The Morgan fingerprint density at radius 3 is 2.29 bits per heavy atom. The predicted molar refractivity (Wildman–Crippen MR) is 94.3 cm³/mol. The molecule has 0 radical (unpaired) electrons. The fourth-order valence-electron chi connectivity index (χ4n) is 2.21. The van der Waals surface area contributed by atoms with Crippen LogP contribution in [-0.4, -0.2) is 22.1 Å². The van der Waals surface area contributed by atoms with Gasteiger partial charge in [-0.05, 0) is 42.0 Å². The second-order valence-electron chi connectivity index (χ2n) is 5.08. The van der Waals surface area contributed by atoms with Crippen LogP contribution in [0.3, 0.4) is 0 Å². The summed E-state index contributed by atoms with van der Waals surface area (Å²) in [7, 11) is -2.04. The van der Waals surface area contributed by atoms with Gasteiger partial charge in [0.25, 0.3) is 0 Å². The number of rotatable bonds is 7. The molecule has 124 valence electrons. The molecule has 2 rings (SSSR count). The Morgan fingerprint density at radius 1 is 1.17 bits per heavy atom. The summed E-state index contributed by atoms with van der Waals surface area (Å²) < 4.78 is 32.0. The summed E-state index contributed by atoms with van der Waals surface area (Å²) >= 11 is 0. The number of hydrogen-bond acceptors (Lipinski definition) is 4. The molecule has 0 fully saturated rings. The molecule has 0 saturated carbocycles. The van der Waals surface area contributed by atoms with Crippen LogP contribution in [0.2, 0.25) is 0 Å². The number of anilines is 1. The van der Waals surface area contributed by atoms with Gasteiger partial charge in [0.2, 0.25) is 10.0 Å². The summed E-state index contributed by atoms with van der Waals surface area (Å²) in [6.45, 7) is 3.81. The maximum Gasteiger partial charge on any atom is 0.239 e. The van der Waals surface area contributed by atoms with Gasteiger partial charge < -0.3 is 4.74 Å². The third-order valence-electron chi connectivity index (χ3n) is 3.42. The molecule has 0 bridgehead atoms. The van der Waals surface area contributed by atoms with Crippen LogP contribution in [0.25, 0.3) is 0 Å². The Hall–Kier alpha value is -2.78. The minimum absolute atomic E-state index is 0.154. The number of nitrogens with zero attached hydrogens (tertiary/aromatic N) is 2. The van der Waals surface area contributed by atoms with E-state index in [-0.39, 0.29) is 12.3 Å². The van der Waals surface area contributed by atoms with Gasteiger partial charge in [-0.25, -0.2) is 8.42 Å². The Balaban J connectivity index is 2.29. The summed E-state index contributed by atoms with van der Waals surface area (Å²) in [5, 5.41) is 8.81. The molecule has 24 heavy (non-hydrogen) atoms. The average molecular weight is 342 g/mol. The van der Waals surface area contributed by atoms with Crippen LogP contribution >= 0.6 is 0 Å². The molecule has 0 unspecified atom stereocenters. The molecule has 0 heterocycles. The number of hydrogen-bond donors (Lipinski definition) is 0. The van der Waals surface area contributed by atoms with Gasteiger partial charge in [0, 0.05) is 0 Å². The van der Waals surface area contributed by atoms with Crippen molar-refractivity contribution in [3.63, 3.8) is 0 Å². The Bertz CT molecular complexity index is 835. The van der Waals surface area contributed by atoms with Gasteiger partial charge in [-0.1, -0.05) is 18.2 Å². The highest BCUT2D eigenvalue weighted by Crippen LogP contribution is 2.23. The Labute approximate surface area is 142 Å². The molecule has 0 N–H and O–H groups in total. The zero-order valence-corrected chi connectivity index (χ0v) is 14.2. The maximum absolute atomic E-state index is 12.8. The minimum atomic E-state index is -3.59. The van der Waals surface area contributed by atoms with Crippen LogP contribution in [0.15, 0.2) is 61.2 Å². The molecule has 0 aromatic heterocycles.